The number of aliphatic hydroxyl groups is 1. The van der Waals surface area contributed by atoms with Gasteiger partial charge >= 0.3 is 11.9 Å². The lowest BCUT2D eigenvalue weighted by atomic mass is 10.1. The van der Waals surface area contributed by atoms with E-state index in [4.69, 9.17) is 15.1 Å². The maximum absolute atomic E-state index is 11.7. The molecule has 0 aliphatic heterocycles. The van der Waals surface area contributed by atoms with Gasteiger partial charge in [-0.25, -0.2) is 14.5 Å². The molecule has 0 spiro atoms. The normalized spacial score (nSPS) is 11.9. The third-order valence-electron chi connectivity index (χ3n) is 2.33. The number of hydrogen-bond donors (Lipinski definition) is 3. The van der Waals surface area contributed by atoms with Crippen LogP contribution in [0.3, 0.4) is 0 Å². The van der Waals surface area contributed by atoms with E-state index in [0.717, 1.165) is 0 Å². The number of carbonyl (C=O) groups excluding carboxylic acids is 1. The molecule has 1 aromatic rings. The maximum Gasteiger partial charge on any atom is 0.339 e. The Hall–Kier alpha value is -1.96. The quantitative estimate of drug-likeness (QED) is 0.381. The van der Waals surface area contributed by atoms with Crippen LogP contribution in [0.15, 0.2) is 24.3 Å². The van der Waals surface area contributed by atoms with Gasteiger partial charge in [-0.2, -0.15) is 0 Å². The summed E-state index contributed by atoms with van der Waals surface area (Å²) in [7, 11) is 0. The van der Waals surface area contributed by atoms with Gasteiger partial charge < -0.3 is 14.9 Å². The minimum atomic E-state index is -1.23. The molecule has 1 unspecified atom stereocenters. The van der Waals surface area contributed by atoms with Gasteiger partial charge in [-0.05, 0) is 12.1 Å². The van der Waals surface area contributed by atoms with E-state index in [-0.39, 0.29) is 30.8 Å². The second-order valence-corrected chi connectivity index (χ2v) is 3.72. The van der Waals surface area contributed by atoms with Crippen LogP contribution in [0.4, 0.5) is 0 Å². The van der Waals surface area contributed by atoms with Gasteiger partial charge in [0.25, 0.3) is 0 Å². The topological polar surface area (TPSA) is 113 Å². The van der Waals surface area contributed by atoms with Gasteiger partial charge in [0, 0.05) is 6.42 Å². The Morgan fingerprint density at radius 1 is 1.21 bits per heavy atom. The third kappa shape index (κ3) is 4.66. The summed E-state index contributed by atoms with van der Waals surface area (Å²) in [6.07, 6.45) is -0.905. The molecule has 0 aromatic heterocycles. The molecule has 0 bridgehead atoms. The number of esters is 1. The highest BCUT2D eigenvalue weighted by atomic mass is 17.1. The van der Waals surface area contributed by atoms with Gasteiger partial charge in [0.05, 0.1) is 23.8 Å². The van der Waals surface area contributed by atoms with Crippen LogP contribution in [0.25, 0.3) is 0 Å². The lowest BCUT2D eigenvalue weighted by molar-refractivity contribution is -0.246. The molecule has 3 N–H and O–H groups in total. The Kier molecular flexibility index (Phi) is 5.94. The van der Waals surface area contributed by atoms with E-state index in [0.29, 0.717) is 0 Å². The molecular formula is C12H14O7. The van der Waals surface area contributed by atoms with Crippen LogP contribution in [0, 0.1) is 0 Å². The summed E-state index contributed by atoms with van der Waals surface area (Å²) in [5.41, 5.74) is -0.249. The summed E-state index contributed by atoms with van der Waals surface area (Å²) in [6.45, 7) is -0.402. The number of carboxylic acid groups (broad SMARTS) is 1. The fraction of sp³-hybridized carbons (Fsp3) is 0.333. The first-order chi connectivity index (χ1) is 9.06. The van der Waals surface area contributed by atoms with E-state index in [1.165, 1.54) is 24.3 Å². The van der Waals surface area contributed by atoms with Crippen molar-refractivity contribution < 1.29 is 34.7 Å². The van der Waals surface area contributed by atoms with Crippen LogP contribution in [-0.4, -0.2) is 46.7 Å². The van der Waals surface area contributed by atoms with Crippen molar-refractivity contribution in [1.29, 1.82) is 0 Å². The van der Waals surface area contributed by atoms with E-state index >= 15 is 0 Å². The minimum Gasteiger partial charge on any atom is -0.478 e. The number of hydrogen-bond acceptors (Lipinski definition) is 6. The van der Waals surface area contributed by atoms with Crippen LogP contribution in [-0.2, 0) is 9.62 Å². The summed E-state index contributed by atoms with van der Waals surface area (Å²) in [5.74, 6) is -2.07. The number of ether oxygens (including phenoxy) is 1. The molecule has 0 fully saturated rings. The Balaban J connectivity index is 2.61. The second kappa shape index (κ2) is 7.47. The summed E-state index contributed by atoms with van der Waals surface area (Å²) in [5, 5.41) is 26.4. The summed E-state index contributed by atoms with van der Waals surface area (Å²) in [4.78, 5) is 26.4. The molecule has 1 aromatic carbocycles. The highest BCUT2D eigenvalue weighted by Gasteiger charge is 2.18. The lowest BCUT2D eigenvalue weighted by Crippen LogP contribution is -2.21. The number of carboxylic acids is 1. The van der Waals surface area contributed by atoms with Gasteiger partial charge in [-0.1, -0.05) is 12.1 Å². The van der Waals surface area contributed by atoms with Crippen molar-refractivity contribution in [2.24, 2.45) is 0 Å². The van der Waals surface area contributed by atoms with Crippen LogP contribution >= 0.6 is 0 Å². The Morgan fingerprint density at radius 2 is 1.84 bits per heavy atom. The van der Waals surface area contributed by atoms with Crippen LogP contribution < -0.4 is 0 Å². The second-order valence-electron chi connectivity index (χ2n) is 3.72. The average molecular weight is 270 g/mol. The zero-order valence-corrected chi connectivity index (χ0v) is 9.98. The number of aromatic carboxylic acids is 1. The van der Waals surface area contributed by atoms with Gasteiger partial charge in [-0.3, -0.25) is 5.26 Å². The molecule has 0 aliphatic carbocycles. The number of rotatable bonds is 7. The molecule has 0 saturated carbocycles. The van der Waals surface area contributed by atoms with Crippen molar-refractivity contribution in [3.8, 4) is 0 Å². The molecule has 1 atom stereocenters. The first-order valence-corrected chi connectivity index (χ1v) is 5.50. The largest absolute Gasteiger partial charge is 0.478 e. The third-order valence-corrected chi connectivity index (χ3v) is 2.33. The molecule has 0 radical (unpaired) electrons. The Bertz CT molecular complexity index is 443. The fourth-order valence-electron chi connectivity index (χ4n) is 1.37. The van der Waals surface area contributed by atoms with Crippen molar-refractivity contribution in [3.05, 3.63) is 35.4 Å². The highest BCUT2D eigenvalue weighted by Crippen LogP contribution is 2.10. The van der Waals surface area contributed by atoms with Gasteiger partial charge in [0.1, 0.15) is 6.61 Å². The molecule has 1 rings (SSSR count). The van der Waals surface area contributed by atoms with Crippen molar-refractivity contribution in [1.82, 2.24) is 0 Å². The summed E-state index contributed by atoms with van der Waals surface area (Å²) in [6, 6.07) is 5.62. The summed E-state index contributed by atoms with van der Waals surface area (Å²) < 4.78 is 4.79. The first kappa shape index (κ1) is 15.1. The number of benzene rings is 1. The van der Waals surface area contributed by atoms with Crippen LogP contribution in [0.1, 0.15) is 27.1 Å². The summed E-state index contributed by atoms with van der Waals surface area (Å²) >= 11 is 0. The SMILES string of the molecule is O=C(O)c1ccccc1C(=O)OCC(O)CCOO. The maximum atomic E-state index is 11.7. The molecule has 104 valence electrons. The monoisotopic (exact) mass is 270 g/mol. The van der Waals surface area contributed by atoms with E-state index < -0.39 is 18.0 Å². The van der Waals surface area contributed by atoms with E-state index in [2.05, 4.69) is 4.89 Å². The molecule has 0 amide bonds. The van der Waals surface area contributed by atoms with Crippen molar-refractivity contribution in [3.63, 3.8) is 0 Å². The van der Waals surface area contributed by atoms with Crippen LogP contribution in [0.5, 0.6) is 0 Å². The van der Waals surface area contributed by atoms with E-state index in [1.807, 2.05) is 0 Å². The minimum absolute atomic E-state index is 0.0828. The fourth-order valence-corrected chi connectivity index (χ4v) is 1.37. The Labute approximate surface area is 108 Å². The zero-order chi connectivity index (χ0) is 14.3. The number of carbonyl (C=O) groups is 2. The molecule has 19 heavy (non-hydrogen) atoms. The molecule has 0 saturated heterocycles. The highest BCUT2D eigenvalue weighted by molar-refractivity contribution is 6.02. The average Bonchev–Trinajstić information content (AvgIpc) is 2.42. The van der Waals surface area contributed by atoms with Crippen LogP contribution in [0.2, 0.25) is 0 Å². The van der Waals surface area contributed by atoms with Gasteiger partial charge in [-0.15, -0.1) is 0 Å². The molecule has 7 nitrogen and oxygen atoms in total. The van der Waals surface area contributed by atoms with Crippen molar-refractivity contribution in [2.75, 3.05) is 13.2 Å². The van der Waals surface area contributed by atoms with E-state index in [9.17, 15) is 14.7 Å². The van der Waals surface area contributed by atoms with Gasteiger partial charge in [0.2, 0.25) is 0 Å². The molecular weight excluding hydrogens is 256 g/mol. The molecule has 0 heterocycles. The van der Waals surface area contributed by atoms with Crippen molar-refractivity contribution in [2.45, 2.75) is 12.5 Å². The predicted molar refractivity (Wildman–Crippen MR) is 62.9 cm³/mol. The number of aliphatic hydroxyl groups excluding tert-OH is 1. The van der Waals surface area contributed by atoms with Crippen molar-refractivity contribution >= 4 is 11.9 Å². The van der Waals surface area contributed by atoms with Gasteiger partial charge in [0.15, 0.2) is 0 Å². The molecule has 7 heteroatoms. The lowest BCUT2D eigenvalue weighted by Gasteiger charge is -2.11. The Morgan fingerprint density at radius 3 is 2.42 bits per heavy atom. The zero-order valence-electron chi connectivity index (χ0n) is 9.98. The smallest absolute Gasteiger partial charge is 0.339 e. The molecule has 0 aliphatic rings. The first-order valence-electron chi connectivity index (χ1n) is 5.50. The predicted octanol–water partition coefficient (Wildman–Crippen LogP) is 0.782. The standard InChI is InChI=1S/C12H14O7/c13-8(5-6-19-17)7-18-12(16)10-4-2-1-3-9(10)11(14)15/h1-4,8,13,17H,5-7H2,(H,14,15). The van der Waals surface area contributed by atoms with E-state index in [1.54, 1.807) is 0 Å².